The van der Waals surface area contributed by atoms with E-state index in [4.69, 9.17) is 13.9 Å². The number of rotatable bonds is 5. The lowest BCUT2D eigenvalue weighted by Crippen LogP contribution is -2.21. The highest BCUT2D eigenvalue weighted by molar-refractivity contribution is 5.55. The summed E-state index contributed by atoms with van der Waals surface area (Å²) in [5, 5.41) is 0.349. The van der Waals surface area contributed by atoms with Gasteiger partial charge in [-0.05, 0) is 44.2 Å². The first-order valence-electron chi connectivity index (χ1n) is 6.43. The normalized spacial score (nSPS) is 11.6. The van der Waals surface area contributed by atoms with E-state index in [1.54, 1.807) is 6.08 Å². The molecule has 0 aliphatic heterocycles. The van der Waals surface area contributed by atoms with Gasteiger partial charge in [0, 0.05) is 0 Å². The summed E-state index contributed by atoms with van der Waals surface area (Å²) in [6.45, 7) is 8.46. The Balaban J connectivity index is 2.46. The van der Waals surface area contributed by atoms with Crippen molar-refractivity contribution >= 4 is 12.7 Å². The van der Waals surface area contributed by atoms with Crippen LogP contribution in [0.25, 0.3) is 12.7 Å². The number of hydrogen-bond acceptors (Lipinski definition) is 4. The van der Waals surface area contributed by atoms with Crippen molar-refractivity contribution in [2.45, 2.75) is 13.8 Å². The molecular formula is C15H17NO4. The van der Waals surface area contributed by atoms with Crippen molar-refractivity contribution < 1.29 is 13.9 Å². The molecular weight excluding hydrogens is 258 g/mol. The Labute approximate surface area is 116 Å². The Kier molecular flexibility index (Phi) is 4.30. The van der Waals surface area contributed by atoms with Gasteiger partial charge in [0.2, 0.25) is 0 Å². The molecule has 1 N–H and O–H groups in total. The maximum absolute atomic E-state index is 11.5. The lowest BCUT2D eigenvalue weighted by molar-refractivity contribution is 0.287. The van der Waals surface area contributed by atoms with Gasteiger partial charge < -0.3 is 18.9 Å². The van der Waals surface area contributed by atoms with Gasteiger partial charge in [-0.2, -0.15) is 0 Å². The summed E-state index contributed by atoms with van der Waals surface area (Å²) in [5.74, 6) is 1.33. The topological polar surface area (TPSA) is 64.5 Å². The van der Waals surface area contributed by atoms with Gasteiger partial charge in [-0.15, -0.1) is 0 Å². The zero-order chi connectivity index (χ0) is 14.5. The van der Waals surface area contributed by atoms with Crippen LogP contribution in [0.5, 0.6) is 11.5 Å². The smallest absolute Gasteiger partial charge is 0.361 e. The van der Waals surface area contributed by atoms with Gasteiger partial charge in [0.15, 0.2) is 17.0 Å². The van der Waals surface area contributed by atoms with Crippen LogP contribution in [-0.2, 0) is 0 Å². The fourth-order valence-electron chi connectivity index (χ4n) is 1.81. The maximum Gasteiger partial charge on any atom is 0.361 e. The number of nitrogens with one attached hydrogen (secondary N) is 1. The van der Waals surface area contributed by atoms with E-state index in [1.807, 2.05) is 32.0 Å². The van der Waals surface area contributed by atoms with Crippen LogP contribution in [0.4, 0.5) is 0 Å². The van der Waals surface area contributed by atoms with Crippen LogP contribution in [-0.4, -0.2) is 18.2 Å². The molecule has 0 aliphatic carbocycles. The average Bonchev–Trinajstić information content (AvgIpc) is 2.71. The zero-order valence-electron chi connectivity index (χ0n) is 11.6. The van der Waals surface area contributed by atoms with E-state index >= 15 is 0 Å². The molecule has 0 saturated carbocycles. The maximum atomic E-state index is 11.5. The third kappa shape index (κ3) is 3.12. The Hall–Kier alpha value is -2.43. The summed E-state index contributed by atoms with van der Waals surface area (Å²) in [6, 6.07) is 5.48. The average molecular weight is 275 g/mol. The molecule has 2 rings (SSSR count). The van der Waals surface area contributed by atoms with Gasteiger partial charge in [0.1, 0.15) is 5.35 Å². The minimum atomic E-state index is -0.443. The number of oxazole rings is 1. The SMILES string of the molecule is C=c1[nH]c(=Cc2ccc(OCC)c(OCC)c2)c(=O)o1. The molecule has 0 bridgehead atoms. The molecule has 1 heterocycles. The summed E-state index contributed by atoms with van der Waals surface area (Å²) in [6.07, 6.45) is 1.68. The lowest BCUT2D eigenvalue weighted by atomic mass is 10.2. The van der Waals surface area contributed by atoms with Gasteiger partial charge in [-0.1, -0.05) is 6.07 Å². The van der Waals surface area contributed by atoms with E-state index < -0.39 is 5.63 Å². The molecule has 1 aromatic carbocycles. The monoisotopic (exact) mass is 275 g/mol. The number of aromatic nitrogens is 1. The van der Waals surface area contributed by atoms with Crippen molar-refractivity contribution in [2.24, 2.45) is 0 Å². The van der Waals surface area contributed by atoms with Crippen LogP contribution in [0.3, 0.4) is 0 Å². The Morgan fingerprint density at radius 2 is 1.95 bits per heavy atom. The highest BCUT2D eigenvalue weighted by Crippen LogP contribution is 2.28. The number of benzene rings is 1. The third-order valence-electron chi connectivity index (χ3n) is 2.59. The predicted octanol–water partition coefficient (Wildman–Crippen LogP) is 1.00. The molecule has 5 nitrogen and oxygen atoms in total. The molecule has 2 aromatic rings. The van der Waals surface area contributed by atoms with E-state index in [0.717, 1.165) is 5.56 Å². The summed E-state index contributed by atoms with van der Waals surface area (Å²) in [4.78, 5) is 14.3. The number of hydrogen-bond donors (Lipinski definition) is 1. The Morgan fingerprint density at radius 1 is 1.25 bits per heavy atom. The first kappa shape index (κ1) is 14.0. The molecule has 20 heavy (non-hydrogen) atoms. The van der Waals surface area contributed by atoms with Gasteiger partial charge in [-0.3, -0.25) is 0 Å². The third-order valence-corrected chi connectivity index (χ3v) is 2.59. The van der Waals surface area contributed by atoms with Crippen LogP contribution in [0.2, 0.25) is 0 Å². The zero-order valence-corrected chi connectivity index (χ0v) is 11.6. The van der Waals surface area contributed by atoms with Crippen molar-refractivity contribution in [1.29, 1.82) is 0 Å². The van der Waals surface area contributed by atoms with Gasteiger partial charge in [-0.25, -0.2) is 4.79 Å². The summed E-state index contributed by atoms with van der Waals surface area (Å²) in [7, 11) is 0. The molecule has 106 valence electrons. The number of ether oxygens (including phenoxy) is 2. The van der Waals surface area contributed by atoms with Crippen LogP contribution in [0.1, 0.15) is 19.4 Å². The second-order valence-corrected chi connectivity index (χ2v) is 4.07. The Bertz CT molecular complexity index is 742. The molecule has 5 heteroatoms. The van der Waals surface area contributed by atoms with Crippen molar-refractivity contribution in [1.82, 2.24) is 4.98 Å². The molecule has 0 atom stereocenters. The molecule has 0 spiro atoms. The van der Waals surface area contributed by atoms with Gasteiger partial charge >= 0.3 is 5.63 Å². The lowest BCUT2D eigenvalue weighted by Gasteiger charge is -2.11. The van der Waals surface area contributed by atoms with Crippen LogP contribution in [0, 0.1) is 0 Å². The molecule has 0 fully saturated rings. The van der Waals surface area contributed by atoms with E-state index in [-0.39, 0.29) is 5.55 Å². The van der Waals surface area contributed by atoms with E-state index in [1.165, 1.54) is 0 Å². The molecule has 0 radical (unpaired) electrons. The fraction of sp³-hybridized carbons (Fsp3) is 0.267. The molecule has 0 amide bonds. The van der Waals surface area contributed by atoms with Crippen LogP contribution >= 0.6 is 0 Å². The van der Waals surface area contributed by atoms with Crippen LogP contribution < -0.4 is 26.0 Å². The number of aromatic amines is 1. The number of H-pyrrole nitrogens is 1. The second-order valence-electron chi connectivity index (χ2n) is 4.07. The highest BCUT2D eigenvalue weighted by Gasteiger charge is 2.05. The first-order chi connectivity index (χ1) is 9.63. The van der Waals surface area contributed by atoms with Crippen molar-refractivity contribution in [3.63, 3.8) is 0 Å². The summed E-state index contributed by atoms with van der Waals surface area (Å²) < 4.78 is 15.8. The molecule has 0 unspecified atom stereocenters. The van der Waals surface area contributed by atoms with Crippen LogP contribution in [0.15, 0.2) is 27.4 Å². The highest BCUT2D eigenvalue weighted by atomic mass is 16.5. The standard InChI is InChI=1S/C15H17NO4/c1-4-18-13-7-6-11(9-14(13)19-5-2)8-12-15(17)20-10(3)16-12/h6-9,16H,3-5H2,1-2H3. The minimum Gasteiger partial charge on any atom is -0.490 e. The van der Waals surface area contributed by atoms with Gasteiger partial charge in [0.25, 0.3) is 0 Å². The summed E-state index contributed by atoms with van der Waals surface area (Å²) >= 11 is 0. The van der Waals surface area contributed by atoms with Crippen molar-refractivity contribution in [3.8, 4) is 11.5 Å². The molecule has 0 aliphatic rings. The molecule has 0 saturated heterocycles. The predicted molar refractivity (Wildman–Crippen MR) is 76.4 cm³/mol. The first-order valence-corrected chi connectivity index (χ1v) is 6.43. The molecule has 1 aromatic heterocycles. The van der Waals surface area contributed by atoms with E-state index in [2.05, 4.69) is 11.6 Å². The quantitative estimate of drug-likeness (QED) is 0.884. The minimum absolute atomic E-state index is 0.234. The van der Waals surface area contributed by atoms with Crippen molar-refractivity contribution in [3.05, 3.63) is 45.1 Å². The summed E-state index contributed by atoms with van der Waals surface area (Å²) in [5.41, 5.74) is 0.602. The van der Waals surface area contributed by atoms with Gasteiger partial charge in [0.05, 0.1) is 13.2 Å². The van der Waals surface area contributed by atoms with E-state index in [9.17, 15) is 4.79 Å². The second kappa shape index (κ2) is 6.14. The Morgan fingerprint density at radius 3 is 2.55 bits per heavy atom. The fourth-order valence-corrected chi connectivity index (χ4v) is 1.81. The van der Waals surface area contributed by atoms with E-state index in [0.29, 0.717) is 30.1 Å². The largest absolute Gasteiger partial charge is 0.490 e. The van der Waals surface area contributed by atoms with Crippen molar-refractivity contribution in [2.75, 3.05) is 13.2 Å².